The Bertz CT molecular complexity index is 935. The zero-order valence-electron chi connectivity index (χ0n) is 20.3. The highest BCUT2D eigenvalue weighted by atomic mass is 16.5. The van der Waals surface area contributed by atoms with E-state index in [1.165, 1.54) is 6.08 Å². The number of unbranched alkanes of at least 4 members (excludes halogenated alkanes) is 7. The zero-order chi connectivity index (χ0) is 25.7. The van der Waals surface area contributed by atoms with Crippen molar-refractivity contribution in [3.05, 3.63) is 21.6 Å². The number of nitriles is 1. The van der Waals surface area contributed by atoms with Crippen LogP contribution in [0.4, 0.5) is 15.5 Å². The topological polar surface area (TPSA) is 178 Å². The van der Waals surface area contributed by atoms with Crippen LogP contribution in [0.5, 0.6) is 0 Å². The molecule has 35 heavy (non-hydrogen) atoms. The van der Waals surface area contributed by atoms with Gasteiger partial charge in [0.15, 0.2) is 0 Å². The van der Waals surface area contributed by atoms with E-state index in [9.17, 15) is 19.2 Å². The number of isocyanates is 1. The van der Waals surface area contributed by atoms with Crippen LogP contribution in [0, 0.1) is 18.3 Å². The Balaban J connectivity index is 2.28. The number of rotatable bonds is 17. The monoisotopic (exact) mass is 489 g/mol. The number of aryl methyl sites for hydroxylation is 1. The van der Waals surface area contributed by atoms with Crippen molar-refractivity contribution in [2.75, 3.05) is 31.6 Å². The predicted octanol–water partition coefficient (Wildman–Crippen LogP) is 2.84. The van der Waals surface area contributed by atoms with Crippen molar-refractivity contribution in [3.63, 3.8) is 0 Å². The minimum absolute atomic E-state index is 0.0166. The number of anilines is 1. The number of alkyl carbamates (subject to hydrolysis) is 1. The van der Waals surface area contributed by atoms with Gasteiger partial charge in [0, 0.05) is 37.2 Å². The number of urea groups is 1. The van der Waals surface area contributed by atoms with Crippen LogP contribution < -0.4 is 21.5 Å². The highest BCUT2D eigenvalue weighted by molar-refractivity contribution is 5.87. The van der Waals surface area contributed by atoms with E-state index in [-0.39, 0.29) is 19.0 Å². The molecule has 0 radical (unpaired) electrons. The quantitative estimate of drug-likeness (QED) is 0.147. The Morgan fingerprint density at radius 3 is 2.43 bits per heavy atom. The third-order valence-electron chi connectivity index (χ3n) is 5.08. The highest BCUT2D eigenvalue weighted by Crippen LogP contribution is 2.05. The second-order valence-electron chi connectivity index (χ2n) is 7.90. The van der Waals surface area contributed by atoms with Crippen LogP contribution in [0.15, 0.2) is 9.79 Å². The van der Waals surface area contributed by atoms with Gasteiger partial charge in [-0.3, -0.25) is 10.1 Å². The van der Waals surface area contributed by atoms with Crippen LogP contribution in [0.3, 0.4) is 0 Å². The van der Waals surface area contributed by atoms with Crippen LogP contribution in [0.1, 0.15) is 69.0 Å². The van der Waals surface area contributed by atoms with Crippen molar-refractivity contribution in [2.45, 2.75) is 71.1 Å². The molecule has 1 rings (SSSR count). The molecule has 1 aromatic rings. The summed E-state index contributed by atoms with van der Waals surface area (Å²) in [4.78, 5) is 56.2. The number of hydrogen-bond donors (Lipinski definition) is 4. The van der Waals surface area contributed by atoms with Gasteiger partial charge in [0.2, 0.25) is 12.0 Å². The van der Waals surface area contributed by atoms with Gasteiger partial charge in [0.05, 0.1) is 19.2 Å². The molecule has 0 aliphatic heterocycles. The molecule has 0 bridgehead atoms. The fourth-order valence-corrected chi connectivity index (χ4v) is 3.20. The first-order valence-electron chi connectivity index (χ1n) is 11.9. The standard InChI is InChI=1S/C23H35N7O5/c1-18-19(11-16-35-23(34)27-15-10-6-5-8-13-25-17-31)20(32)29-21(28-18)30-22(33)26-14-9-4-2-3-7-12-24/h2-11,13-16H2,1H3,(H,27,34)(H3,26,28,29,30,32,33). The molecule has 12 nitrogen and oxygen atoms in total. The lowest BCUT2D eigenvalue weighted by Gasteiger charge is -2.10. The van der Waals surface area contributed by atoms with Gasteiger partial charge in [-0.2, -0.15) is 10.2 Å². The number of carbonyl (C=O) groups is 2. The average molecular weight is 490 g/mol. The number of carbonyl (C=O) groups excluding carboxylic acids is 3. The number of nitrogens with zero attached hydrogens (tertiary/aromatic N) is 3. The SMILES string of the molecule is Cc1[nH]c(NC(=O)NCCCCCCC#N)nc(=O)c1CCOC(=O)NCCCCCCN=C=O. The van der Waals surface area contributed by atoms with Gasteiger partial charge in [-0.25, -0.2) is 19.4 Å². The van der Waals surface area contributed by atoms with E-state index in [2.05, 4.69) is 37.0 Å². The number of aliphatic imine (C=N–C) groups is 1. The molecule has 0 spiro atoms. The predicted molar refractivity (Wildman–Crippen MR) is 130 cm³/mol. The summed E-state index contributed by atoms with van der Waals surface area (Å²) < 4.78 is 5.11. The van der Waals surface area contributed by atoms with Gasteiger partial charge in [-0.05, 0) is 32.6 Å². The van der Waals surface area contributed by atoms with Gasteiger partial charge < -0.3 is 20.4 Å². The van der Waals surface area contributed by atoms with Crippen molar-refractivity contribution in [1.29, 1.82) is 5.26 Å². The van der Waals surface area contributed by atoms with Crippen LogP contribution in [-0.2, 0) is 16.0 Å². The molecular formula is C23H35N7O5. The van der Waals surface area contributed by atoms with E-state index in [1.807, 2.05) is 0 Å². The summed E-state index contributed by atoms with van der Waals surface area (Å²) in [6.45, 7) is 3.13. The van der Waals surface area contributed by atoms with E-state index in [1.54, 1.807) is 6.92 Å². The lowest BCUT2D eigenvalue weighted by molar-refractivity contribution is 0.147. The van der Waals surface area contributed by atoms with E-state index < -0.39 is 17.7 Å². The van der Waals surface area contributed by atoms with Crippen molar-refractivity contribution in [3.8, 4) is 6.07 Å². The van der Waals surface area contributed by atoms with Crippen molar-refractivity contribution in [2.24, 2.45) is 4.99 Å². The normalized spacial score (nSPS) is 10.1. The molecule has 0 aromatic carbocycles. The average Bonchev–Trinajstić information content (AvgIpc) is 2.82. The lowest BCUT2D eigenvalue weighted by Crippen LogP contribution is -2.32. The third-order valence-corrected chi connectivity index (χ3v) is 5.08. The zero-order valence-corrected chi connectivity index (χ0v) is 20.3. The summed E-state index contributed by atoms with van der Waals surface area (Å²) in [6, 6.07) is 1.63. The highest BCUT2D eigenvalue weighted by Gasteiger charge is 2.11. The maximum atomic E-state index is 12.3. The summed E-state index contributed by atoms with van der Waals surface area (Å²) in [6.07, 6.45) is 8.60. The minimum Gasteiger partial charge on any atom is -0.449 e. The first-order chi connectivity index (χ1) is 17.0. The molecule has 1 heterocycles. The molecular weight excluding hydrogens is 454 g/mol. The fourth-order valence-electron chi connectivity index (χ4n) is 3.20. The smallest absolute Gasteiger partial charge is 0.407 e. The maximum Gasteiger partial charge on any atom is 0.407 e. The Hall–Kier alpha value is -3.71. The Kier molecular flexibility index (Phi) is 15.7. The molecule has 3 amide bonds. The van der Waals surface area contributed by atoms with Crippen LogP contribution in [-0.4, -0.2) is 54.4 Å². The molecule has 192 valence electrons. The second-order valence-corrected chi connectivity index (χ2v) is 7.90. The fraction of sp³-hybridized carbons (Fsp3) is 0.652. The second kappa shape index (κ2) is 18.7. The molecule has 0 aliphatic carbocycles. The van der Waals surface area contributed by atoms with Crippen LogP contribution in [0.2, 0.25) is 0 Å². The van der Waals surface area contributed by atoms with Crippen molar-refractivity contribution in [1.82, 2.24) is 20.6 Å². The molecule has 12 heteroatoms. The van der Waals surface area contributed by atoms with E-state index in [0.717, 1.165) is 51.4 Å². The minimum atomic E-state index is -0.558. The van der Waals surface area contributed by atoms with Gasteiger partial charge in [0.1, 0.15) is 0 Å². The Morgan fingerprint density at radius 2 is 1.74 bits per heavy atom. The largest absolute Gasteiger partial charge is 0.449 e. The summed E-state index contributed by atoms with van der Waals surface area (Å²) in [5.74, 6) is 0.0411. The number of H-pyrrole nitrogens is 1. The number of nitrogens with one attached hydrogen (secondary N) is 4. The third kappa shape index (κ3) is 14.2. The first kappa shape index (κ1) is 29.3. The van der Waals surface area contributed by atoms with Crippen LogP contribution in [0.25, 0.3) is 0 Å². The van der Waals surface area contributed by atoms with Crippen molar-refractivity contribution < 1.29 is 19.1 Å². The molecule has 0 aliphatic rings. The molecule has 1 aromatic heterocycles. The molecule has 0 atom stereocenters. The van der Waals surface area contributed by atoms with E-state index >= 15 is 0 Å². The molecule has 0 fully saturated rings. The number of amides is 3. The van der Waals surface area contributed by atoms with E-state index in [4.69, 9.17) is 10.00 Å². The van der Waals surface area contributed by atoms with E-state index in [0.29, 0.717) is 37.3 Å². The molecule has 0 unspecified atom stereocenters. The summed E-state index contributed by atoms with van der Waals surface area (Å²) in [5, 5.41) is 16.3. The van der Waals surface area contributed by atoms with Gasteiger partial charge in [0.25, 0.3) is 5.56 Å². The number of ether oxygens (including phenoxy) is 1. The van der Waals surface area contributed by atoms with Gasteiger partial charge >= 0.3 is 12.1 Å². The van der Waals surface area contributed by atoms with Crippen molar-refractivity contribution >= 4 is 24.2 Å². The number of hydrogen-bond acceptors (Lipinski definition) is 8. The van der Waals surface area contributed by atoms with Crippen LogP contribution >= 0.6 is 0 Å². The van der Waals surface area contributed by atoms with Gasteiger partial charge in [-0.1, -0.05) is 25.7 Å². The first-order valence-corrected chi connectivity index (χ1v) is 11.9. The summed E-state index contributed by atoms with van der Waals surface area (Å²) in [7, 11) is 0. The molecule has 0 saturated heterocycles. The Labute approximate surface area is 205 Å². The van der Waals surface area contributed by atoms with Gasteiger partial charge in [-0.15, -0.1) is 0 Å². The maximum absolute atomic E-state index is 12.3. The lowest BCUT2D eigenvalue weighted by atomic mass is 10.1. The molecule has 0 saturated carbocycles. The summed E-state index contributed by atoms with van der Waals surface area (Å²) >= 11 is 0. The number of aromatic nitrogens is 2. The molecule has 4 N–H and O–H groups in total. The summed E-state index contributed by atoms with van der Waals surface area (Å²) in [5.41, 5.74) is 0.400. The number of aromatic amines is 1. The Morgan fingerprint density at radius 1 is 1.06 bits per heavy atom.